The molecule has 5 rings (SSSR count). The van der Waals surface area contributed by atoms with E-state index >= 15 is 0 Å². The number of ether oxygens (including phenoxy) is 1. The maximum Gasteiger partial charge on any atom is 0.253 e. The van der Waals surface area contributed by atoms with Gasteiger partial charge in [0.1, 0.15) is 11.6 Å². The van der Waals surface area contributed by atoms with Crippen LogP contribution in [0.5, 0.6) is 0 Å². The minimum Gasteiger partial charge on any atom is -0.394 e. The molecule has 2 bridgehead atoms. The summed E-state index contributed by atoms with van der Waals surface area (Å²) in [6, 6.07) is 14.7. The first-order valence-electron chi connectivity index (χ1n) is 15.0. The molecule has 2 aromatic carbocycles. The van der Waals surface area contributed by atoms with Crippen LogP contribution in [0.4, 0.5) is 11.4 Å². The molecule has 1 N–H and O–H groups in total. The van der Waals surface area contributed by atoms with E-state index in [1.807, 2.05) is 44.2 Å². The lowest BCUT2D eigenvalue weighted by molar-refractivity contribution is -0.149. The summed E-state index contributed by atoms with van der Waals surface area (Å²) in [6.07, 6.45) is 5.17. The Hall–Kier alpha value is -3.46. The van der Waals surface area contributed by atoms with E-state index in [4.69, 9.17) is 16.3 Å². The van der Waals surface area contributed by atoms with E-state index in [1.165, 1.54) is 9.80 Å². The van der Waals surface area contributed by atoms with Gasteiger partial charge in [0, 0.05) is 18.8 Å². The zero-order valence-electron chi connectivity index (χ0n) is 24.8. The number of carbonyl (C=O) groups excluding carboxylic acids is 3. The summed E-state index contributed by atoms with van der Waals surface area (Å²) in [6.45, 7) is 11.6. The largest absolute Gasteiger partial charge is 0.394 e. The number of likely N-dealkylation sites (tertiary alicyclic amines) is 1. The van der Waals surface area contributed by atoms with Crippen LogP contribution in [-0.2, 0) is 19.1 Å². The van der Waals surface area contributed by atoms with E-state index in [0.717, 1.165) is 0 Å². The van der Waals surface area contributed by atoms with Crippen LogP contribution in [0.1, 0.15) is 39.5 Å². The van der Waals surface area contributed by atoms with Gasteiger partial charge < -0.3 is 24.5 Å². The highest BCUT2D eigenvalue weighted by Gasteiger charge is 2.79. The maximum atomic E-state index is 14.8. The van der Waals surface area contributed by atoms with E-state index in [2.05, 4.69) is 13.2 Å². The van der Waals surface area contributed by atoms with Gasteiger partial charge in [-0.1, -0.05) is 67.9 Å². The molecule has 3 saturated heterocycles. The van der Waals surface area contributed by atoms with Crippen molar-refractivity contribution in [1.29, 1.82) is 0 Å². The summed E-state index contributed by atoms with van der Waals surface area (Å²) in [5.41, 5.74) is -0.970. The molecule has 1 spiro atoms. The summed E-state index contributed by atoms with van der Waals surface area (Å²) >= 11 is 6.57. The number of nitrogens with zero attached hydrogens (tertiary/aromatic N) is 3. The number of para-hydroxylation sites is 2. The third kappa shape index (κ3) is 4.80. The quantitative estimate of drug-likeness (QED) is 0.344. The van der Waals surface area contributed by atoms with Crippen molar-refractivity contribution < 1.29 is 24.2 Å². The van der Waals surface area contributed by atoms with Crippen LogP contribution < -0.4 is 9.80 Å². The molecule has 0 aromatic heterocycles. The SMILES string of the molecule is C=CCN(C(=O)[C@H]1[C@H]2C(=O)N([C@@H](CC)CO)C(C(=O)N(CC=C)c3ccccc3Cl)C23CC[C@]1(CC)O3)c1ccccc1. The Balaban J connectivity index is 1.66. The van der Waals surface area contributed by atoms with Gasteiger partial charge >= 0.3 is 0 Å². The van der Waals surface area contributed by atoms with Crippen molar-refractivity contribution in [1.82, 2.24) is 4.90 Å². The second-order valence-corrected chi connectivity index (χ2v) is 12.0. The Kier molecular flexibility index (Phi) is 8.84. The molecule has 3 aliphatic rings. The molecule has 228 valence electrons. The van der Waals surface area contributed by atoms with Crippen molar-refractivity contribution in [3.8, 4) is 0 Å². The Labute approximate surface area is 258 Å². The minimum atomic E-state index is -1.25. The minimum absolute atomic E-state index is 0.153. The van der Waals surface area contributed by atoms with Crippen molar-refractivity contribution in [2.75, 3.05) is 29.5 Å². The van der Waals surface area contributed by atoms with Crippen LogP contribution in [0.3, 0.4) is 0 Å². The number of aliphatic hydroxyl groups is 1. The monoisotopic (exact) mass is 605 g/mol. The van der Waals surface area contributed by atoms with Crippen LogP contribution in [0.2, 0.25) is 5.02 Å². The Morgan fingerprint density at radius 2 is 1.70 bits per heavy atom. The average molecular weight is 606 g/mol. The van der Waals surface area contributed by atoms with Crippen molar-refractivity contribution in [3.05, 3.63) is 84.9 Å². The molecular formula is C34H40ClN3O5. The highest BCUT2D eigenvalue weighted by atomic mass is 35.5. The third-order valence-corrected chi connectivity index (χ3v) is 9.88. The van der Waals surface area contributed by atoms with E-state index in [-0.39, 0.29) is 37.4 Å². The van der Waals surface area contributed by atoms with E-state index in [9.17, 15) is 19.5 Å². The number of amides is 3. The van der Waals surface area contributed by atoms with Gasteiger partial charge in [-0.2, -0.15) is 0 Å². The summed E-state index contributed by atoms with van der Waals surface area (Å²) < 4.78 is 6.96. The van der Waals surface area contributed by atoms with Gasteiger partial charge in [0.15, 0.2) is 0 Å². The predicted molar refractivity (Wildman–Crippen MR) is 168 cm³/mol. The lowest BCUT2D eigenvalue weighted by Gasteiger charge is -2.39. The molecule has 3 aliphatic heterocycles. The normalized spacial score (nSPS) is 28.0. The van der Waals surface area contributed by atoms with Crippen molar-refractivity contribution in [2.24, 2.45) is 11.8 Å². The second kappa shape index (κ2) is 12.3. The zero-order valence-corrected chi connectivity index (χ0v) is 25.6. The number of anilines is 2. The number of aliphatic hydroxyl groups excluding tert-OH is 1. The number of hydrogen-bond donors (Lipinski definition) is 1. The van der Waals surface area contributed by atoms with Crippen LogP contribution in [0.25, 0.3) is 0 Å². The fourth-order valence-corrected chi connectivity index (χ4v) is 7.84. The highest BCUT2D eigenvalue weighted by molar-refractivity contribution is 6.34. The predicted octanol–water partition coefficient (Wildman–Crippen LogP) is 5.00. The lowest BCUT2D eigenvalue weighted by atomic mass is 9.64. The van der Waals surface area contributed by atoms with Crippen LogP contribution in [0.15, 0.2) is 79.9 Å². The molecule has 43 heavy (non-hydrogen) atoms. The summed E-state index contributed by atoms with van der Waals surface area (Å²) in [4.78, 5) is 48.7. The first-order chi connectivity index (χ1) is 20.7. The molecular weight excluding hydrogens is 566 g/mol. The van der Waals surface area contributed by atoms with Gasteiger partial charge in [-0.15, -0.1) is 13.2 Å². The van der Waals surface area contributed by atoms with E-state index < -0.39 is 35.1 Å². The standard InChI is InChI=1S/C34H40ClN3O5/c1-5-20-36(24-14-10-9-11-15-24)30(40)27-28-31(41)38(23(7-3)22-39)29(34(28)19-18-33(27,8-4)43-34)32(42)37(21-6-2)26-17-13-12-16-25(26)35/h5-6,9-17,23,27-29,39H,1-2,7-8,18-22H2,3-4H3/t23-,27+,28-,29?,33-,34?/m0/s1. The van der Waals surface area contributed by atoms with Crippen LogP contribution in [-0.4, -0.2) is 70.7 Å². The van der Waals surface area contributed by atoms with Gasteiger partial charge in [-0.3, -0.25) is 14.4 Å². The second-order valence-electron chi connectivity index (χ2n) is 11.6. The van der Waals surface area contributed by atoms with E-state index in [0.29, 0.717) is 42.1 Å². The van der Waals surface area contributed by atoms with Crippen molar-refractivity contribution in [3.63, 3.8) is 0 Å². The molecule has 2 unspecified atom stereocenters. The van der Waals surface area contributed by atoms with Gasteiger partial charge in [0.2, 0.25) is 11.8 Å². The third-order valence-electron chi connectivity index (χ3n) is 9.56. The van der Waals surface area contributed by atoms with Gasteiger partial charge in [-0.05, 0) is 49.9 Å². The first kappa shape index (κ1) is 31.0. The van der Waals surface area contributed by atoms with Gasteiger partial charge in [0.25, 0.3) is 5.91 Å². The number of rotatable bonds is 12. The summed E-state index contributed by atoms with van der Waals surface area (Å²) in [7, 11) is 0. The number of carbonyl (C=O) groups is 3. The number of fused-ring (bicyclic) bond motifs is 1. The topological polar surface area (TPSA) is 90.4 Å². The smallest absolute Gasteiger partial charge is 0.253 e. The molecule has 0 radical (unpaired) electrons. The Morgan fingerprint density at radius 3 is 2.30 bits per heavy atom. The molecule has 3 heterocycles. The molecule has 8 nitrogen and oxygen atoms in total. The summed E-state index contributed by atoms with van der Waals surface area (Å²) in [5.74, 6) is -2.65. The fraction of sp³-hybridized carbons (Fsp3) is 0.441. The average Bonchev–Trinajstić information content (AvgIpc) is 3.63. The maximum absolute atomic E-state index is 14.8. The van der Waals surface area contributed by atoms with Crippen LogP contribution in [0, 0.1) is 11.8 Å². The molecule has 3 fully saturated rings. The van der Waals surface area contributed by atoms with Crippen LogP contribution >= 0.6 is 11.6 Å². The molecule has 0 saturated carbocycles. The Morgan fingerprint density at radius 1 is 1.05 bits per heavy atom. The molecule has 3 amide bonds. The highest BCUT2D eigenvalue weighted by Crippen LogP contribution is 2.65. The molecule has 2 aromatic rings. The molecule has 6 atom stereocenters. The van der Waals surface area contributed by atoms with E-state index in [1.54, 1.807) is 41.3 Å². The molecule has 9 heteroatoms. The van der Waals surface area contributed by atoms with Crippen molar-refractivity contribution in [2.45, 2.75) is 62.8 Å². The molecule has 0 aliphatic carbocycles. The summed E-state index contributed by atoms with van der Waals surface area (Å²) in [5, 5.41) is 10.8. The lowest BCUT2D eigenvalue weighted by Crippen LogP contribution is -2.59. The van der Waals surface area contributed by atoms with Gasteiger partial charge in [-0.25, -0.2) is 0 Å². The number of hydrogen-bond acceptors (Lipinski definition) is 5. The zero-order chi connectivity index (χ0) is 30.9. The number of benzene rings is 2. The fourth-order valence-electron chi connectivity index (χ4n) is 7.60. The first-order valence-corrected chi connectivity index (χ1v) is 15.4. The van der Waals surface area contributed by atoms with Gasteiger partial charge in [0.05, 0.1) is 40.8 Å². The number of halogens is 1. The Bertz CT molecular complexity index is 1400. The van der Waals surface area contributed by atoms with Crippen molar-refractivity contribution >= 4 is 40.7 Å².